The summed E-state index contributed by atoms with van der Waals surface area (Å²) in [6.45, 7) is 2.47. The quantitative estimate of drug-likeness (QED) is 0.751. The molecule has 0 aliphatic carbocycles. The van der Waals surface area contributed by atoms with E-state index in [0.29, 0.717) is 12.3 Å². The Labute approximate surface area is 171 Å². The lowest BCUT2D eigenvalue weighted by Gasteiger charge is -2.25. The number of likely N-dealkylation sites (N-methyl/N-ethyl adjacent to an activating group) is 1. The highest BCUT2D eigenvalue weighted by atomic mass is 16.2. The summed E-state index contributed by atoms with van der Waals surface area (Å²) in [4.78, 5) is 26.7. The lowest BCUT2D eigenvalue weighted by molar-refractivity contribution is -0.119. The van der Waals surface area contributed by atoms with E-state index >= 15 is 0 Å². The zero-order chi connectivity index (χ0) is 21.0. The molecule has 0 aromatic heterocycles. The van der Waals surface area contributed by atoms with Crippen molar-refractivity contribution in [1.82, 2.24) is 10.2 Å². The first-order valence-electron chi connectivity index (χ1n) is 9.59. The molecule has 0 bridgehead atoms. The first kappa shape index (κ1) is 20.5. The van der Waals surface area contributed by atoms with E-state index in [-0.39, 0.29) is 18.4 Å². The zero-order valence-corrected chi connectivity index (χ0v) is 17.0. The van der Waals surface area contributed by atoms with Crippen molar-refractivity contribution < 1.29 is 9.59 Å². The van der Waals surface area contributed by atoms with Gasteiger partial charge in [0.2, 0.25) is 5.91 Å². The first-order chi connectivity index (χ1) is 13.9. The van der Waals surface area contributed by atoms with Gasteiger partial charge in [-0.2, -0.15) is 5.10 Å². The largest absolute Gasteiger partial charge is 0.368 e. The number of nitrogens with zero attached hydrogens (tertiary/aromatic N) is 3. The van der Waals surface area contributed by atoms with Crippen molar-refractivity contribution in [3.05, 3.63) is 65.7 Å². The Bertz CT molecular complexity index is 893. The molecule has 0 fully saturated rings. The van der Waals surface area contributed by atoms with Crippen molar-refractivity contribution in [3.63, 3.8) is 0 Å². The number of aryl methyl sites for hydroxylation is 1. The molecule has 0 spiro atoms. The van der Waals surface area contributed by atoms with Gasteiger partial charge in [-0.25, -0.2) is 0 Å². The lowest BCUT2D eigenvalue weighted by atomic mass is 10.0. The number of para-hydroxylation sites is 1. The molecule has 3 N–H and O–H groups in total. The molecule has 7 nitrogen and oxygen atoms in total. The van der Waals surface area contributed by atoms with Crippen LogP contribution in [0.1, 0.15) is 23.6 Å². The summed E-state index contributed by atoms with van der Waals surface area (Å²) in [7, 11) is 3.95. The predicted octanol–water partition coefficient (Wildman–Crippen LogP) is 1.83. The average molecular weight is 393 g/mol. The molecule has 152 valence electrons. The van der Waals surface area contributed by atoms with Crippen LogP contribution < -0.4 is 16.1 Å². The van der Waals surface area contributed by atoms with Crippen LogP contribution in [0.3, 0.4) is 0 Å². The number of hydrazone groups is 1. The Kier molecular flexibility index (Phi) is 6.29. The fourth-order valence-corrected chi connectivity index (χ4v) is 3.37. The standard InChI is InChI=1S/C22H27N5O2/c1-15-9-11-16(12-10-15)20(26(2)3)14-24-22(29)18-13-19(21(23)28)27(25-18)17-7-5-4-6-8-17/h4-12,19-20H,13-14H2,1-3H3,(H2,23,28)(H,24,29)/t19-,20-/m0/s1. The normalized spacial score (nSPS) is 17.2. The van der Waals surface area contributed by atoms with Crippen molar-refractivity contribution in [3.8, 4) is 0 Å². The van der Waals surface area contributed by atoms with Gasteiger partial charge in [-0.1, -0.05) is 48.0 Å². The summed E-state index contributed by atoms with van der Waals surface area (Å²) < 4.78 is 0. The van der Waals surface area contributed by atoms with E-state index < -0.39 is 11.9 Å². The second-order valence-electron chi connectivity index (χ2n) is 7.45. The Morgan fingerprint density at radius 3 is 2.41 bits per heavy atom. The van der Waals surface area contributed by atoms with Gasteiger partial charge in [0.15, 0.2) is 0 Å². The van der Waals surface area contributed by atoms with Crippen LogP contribution in [0.25, 0.3) is 0 Å². The molecule has 2 aromatic carbocycles. The van der Waals surface area contributed by atoms with E-state index in [2.05, 4.69) is 39.6 Å². The van der Waals surface area contributed by atoms with Crippen molar-refractivity contribution in [2.45, 2.75) is 25.4 Å². The number of hydrogen-bond donors (Lipinski definition) is 2. The summed E-state index contributed by atoms with van der Waals surface area (Å²) >= 11 is 0. The third-order valence-electron chi connectivity index (χ3n) is 5.06. The van der Waals surface area contributed by atoms with E-state index in [0.717, 1.165) is 11.3 Å². The van der Waals surface area contributed by atoms with Crippen LogP contribution in [0, 0.1) is 6.92 Å². The van der Waals surface area contributed by atoms with Crippen molar-refractivity contribution in [2.75, 3.05) is 25.6 Å². The molecule has 1 aliphatic heterocycles. The van der Waals surface area contributed by atoms with Crippen molar-refractivity contribution >= 4 is 23.2 Å². The van der Waals surface area contributed by atoms with Crippen LogP contribution in [0.4, 0.5) is 5.69 Å². The van der Waals surface area contributed by atoms with Gasteiger partial charge in [-0.05, 0) is 38.7 Å². The number of benzene rings is 2. The fraction of sp³-hybridized carbons (Fsp3) is 0.318. The van der Waals surface area contributed by atoms with Crippen LogP contribution in [0.2, 0.25) is 0 Å². The maximum Gasteiger partial charge on any atom is 0.267 e. The number of carbonyl (C=O) groups excluding carboxylic acids is 2. The third kappa shape index (κ3) is 4.81. The van der Waals surface area contributed by atoms with Crippen molar-refractivity contribution in [2.24, 2.45) is 10.8 Å². The molecule has 0 saturated carbocycles. The number of amides is 2. The van der Waals surface area contributed by atoms with Gasteiger partial charge in [-0.3, -0.25) is 14.6 Å². The summed E-state index contributed by atoms with van der Waals surface area (Å²) in [5, 5.41) is 8.88. The Hall–Kier alpha value is -3.19. The van der Waals surface area contributed by atoms with Crippen LogP contribution in [0.5, 0.6) is 0 Å². The summed E-state index contributed by atoms with van der Waals surface area (Å²) in [5.41, 5.74) is 8.89. The maximum absolute atomic E-state index is 12.8. The van der Waals surface area contributed by atoms with Gasteiger partial charge >= 0.3 is 0 Å². The molecular formula is C22H27N5O2. The third-order valence-corrected chi connectivity index (χ3v) is 5.06. The Balaban J connectivity index is 1.72. The first-order valence-corrected chi connectivity index (χ1v) is 9.59. The van der Waals surface area contributed by atoms with E-state index in [1.54, 1.807) is 0 Å². The van der Waals surface area contributed by atoms with Gasteiger partial charge in [0.05, 0.1) is 11.7 Å². The predicted molar refractivity (Wildman–Crippen MR) is 115 cm³/mol. The molecule has 2 atom stereocenters. The van der Waals surface area contributed by atoms with Crippen LogP contribution in [-0.4, -0.2) is 49.1 Å². The van der Waals surface area contributed by atoms with Gasteiger partial charge in [0.25, 0.3) is 5.91 Å². The molecule has 1 heterocycles. The van der Waals surface area contributed by atoms with Crippen LogP contribution in [-0.2, 0) is 9.59 Å². The van der Waals surface area contributed by atoms with E-state index in [1.807, 2.05) is 51.4 Å². The number of anilines is 1. The number of nitrogens with two attached hydrogens (primary N) is 1. The maximum atomic E-state index is 12.8. The minimum absolute atomic E-state index is 0.0266. The number of hydrogen-bond acceptors (Lipinski definition) is 5. The fourth-order valence-electron chi connectivity index (χ4n) is 3.37. The molecule has 2 aromatic rings. The second-order valence-corrected chi connectivity index (χ2v) is 7.45. The number of rotatable bonds is 7. The number of primary amides is 1. The highest BCUT2D eigenvalue weighted by molar-refractivity contribution is 6.40. The molecule has 0 unspecified atom stereocenters. The minimum Gasteiger partial charge on any atom is -0.368 e. The summed E-state index contributed by atoms with van der Waals surface area (Å²) in [6.07, 6.45) is 0.188. The SMILES string of the molecule is Cc1ccc([C@H](CNC(=O)C2=NN(c3ccccc3)[C@H](C(N)=O)C2)N(C)C)cc1. The second kappa shape index (κ2) is 8.87. The van der Waals surface area contributed by atoms with Crippen LogP contribution >= 0.6 is 0 Å². The molecular weight excluding hydrogens is 366 g/mol. The average Bonchev–Trinajstić information content (AvgIpc) is 3.16. The van der Waals surface area contributed by atoms with E-state index in [1.165, 1.54) is 10.6 Å². The van der Waals surface area contributed by atoms with Crippen molar-refractivity contribution in [1.29, 1.82) is 0 Å². The van der Waals surface area contributed by atoms with E-state index in [9.17, 15) is 9.59 Å². The summed E-state index contributed by atoms with van der Waals surface area (Å²) in [5.74, 6) is -0.792. The van der Waals surface area contributed by atoms with Gasteiger partial charge in [0.1, 0.15) is 11.8 Å². The Morgan fingerprint density at radius 2 is 1.83 bits per heavy atom. The molecule has 2 amide bonds. The van der Waals surface area contributed by atoms with Gasteiger partial charge < -0.3 is 16.0 Å². The topological polar surface area (TPSA) is 91.0 Å². The molecule has 3 rings (SSSR count). The molecule has 29 heavy (non-hydrogen) atoms. The number of nitrogens with one attached hydrogen (secondary N) is 1. The molecule has 7 heteroatoms. The highest BCUT2D eigenvalue weighted by Gasteiger charge is 2.35. The Morgan fingerprint density at radius 1 is 1.17 bits per heavy atom. The molecule has 0 radical (unpaired) electrons. The van der Waals surface area contributed by atoms with Gasteiger partial charge in [-0.15, -0.1) is 0 Å². The van der Waals surface area contributed by atoms with Crippen LogP contribution in [0.15, 0.2) is 59.7 Å². The molecule has 0 saturated heterocycles. The summed E-state index contributed by atoms with van der Waals surface area (Å²) in [6, 6.07) is 16.9. The van der Waals surface area contributed by atoms with E-state index in [4.69, 9.17) is 5.73 Å². The monoisotopic (exact) mass is 393 g/mol. The zero-order valence-electron chi connectivity index (χ0n) is 17.0. The smallest absolute Gasteiger partial charge is 0.267 e. The highest BCUT2D eigenvalue weighted by Crippen LogP contribution is 2.24. The molecule has 1 aliphatic rings. The number of carbonyl (C=O) groups is 2. The minimum atomic E-state index is -0.667. The lowest BCUT2D eigenvalue weighted by Crippen LogP contribution is -2.40. The van der Waals surface area contributed by atoms with Gasteiger partial charge in [0, 0.05) is 13.0 Å².